The highest BCUT2D eigenvalue weighted by molar-refractivity contribution is 6.99. The standard InChI is InChI=1S/C31H19BN2O2/c35-31-34-29-24(19-18-20-10-9-17-26(36-31)27(20)29)32(21-11-3-1-4-12-21)28-23-15-7-8-16-25(23)33(30(28)34)22-13-5-2-6-14-22/h1-19H. The molecule has 5 aromatic carbocycles. The lowest BCUT2D eigenvalue weighted by atomic mass is 9.35. The maximum Gasteiger partial charge on any atom is 0.425 e. The van der Waals surface area contributed by atoms with Crippen LogP contribution in [0.1, 0.15) is 0 Å². The number of nitrogens with zero attached hydrogens (tertiary/aromatic N) is 2. The summed E-state index contributed by atoms with van der Waals surface area (Å²) in [4.78, 5) is 15.6. The highest BCUT2D eigenvalue weighted by atomic mass is 16.6. The van der Waals surface area contributed by atoms with E-state index in [0.29, 0.717) is 5.75 Å². The summed E-state index contributed by atoms with van der Waals surface area (Å²) < 4.78 is 8.16. The topological polar surface area (TPSA) is 34.5 Å². The molecular weight excluding hydrogens is 443 g/mol. The number of carbonyl (C=O) groups excluding carboxylic acids is 1. The molecule has 0 bridgehead atoms. The lowest BCUT2D eigenvalue weighted by Crippen LogP contribution is -2.59. The van der Waals surface area contributed by atoms with E-state index >= 15 is 0 Å². The Balaban J connectivity index is 1.60. The Labute approximate surface area is 208 Å². The average Bonchev–Trinajstić information content (AvgIpc) is 3.27. The van der Waals surface area contributed by atoms with Gasteiger partial charge in [-0.25, -0.2) is 9.69 Å². The smallest absolute Gasteiger partial charge is 0.409 e. The van der Waals surface area contributed by atoms with Gasteiger partial charge in [0.15, 0.2) is 0 Å². The molecule has 168 valence electrons. The second-order valence-corrected chi connectivity index (χ2v) is 9.33. The third-order valence-electron chi connectivity index (χ3n) is 7.46. The molecule has 8 rings (SSSR count). The van der Waals surface area contributed by atoms with E-state index in [2.05, 4.69) is 83.4 Å². The molecule has 4 nitrogen and oxygen atoms in total. The van der Waals surface area contributed by atoms with Crippen molar-refractivity contribution in [2.75, 3.05) is 4.90 Å². The van der Waals surface area contributed by atoms with Crippen LogP contribution >= 0.6 is 0 Å². The molecule has 1 amide bonds. The summed E-state index contributed by atoms with van der Waals surface area (Å²) in [5, 5.41) is 3.16. The van der Waals surface area contributed by atoms with Gasteiger partial charge in [-0.1, -0.05) is 96.5 Å². The summed E-state index contributed by atoms with van der Waals surface area (Å²) in [5.41, 5.74) is 6.40. The molecule has 2 aliphatic rings. The Morgan fingerprint density at radius 2 is 1.44 bits per heavy atom. The summed E-state index contributed by atoms with van der Waals surface area (Å²) >= 11 is 0. The van der Waals surface area contributed by atoms with Crippen molar-refractivity contribution in [3.05, 3.63) is 115 Å². The summed E-state index contributed by atoms with van der Waals surface area (Å²) in [6.07, 6.45) is -0.379. The van der Waals surface area contributed by atoms with Gasteiger partial charge in [0.2, 0.25) is 6.71 Å². The number of para-hydroxylation sites is 2. The van der Waals surface area contributed by atoms with Crippen LogP contribution in [0.3, 0.4) is 0 Å². The SMILES string of the molecule is O=C1Oc2cccc3ccc4c(c23)N1c1c(c2ccccc2n1-c1ccccc1)B4c1ccccc1. The van der Waals surface area contributed by atoms with Crippen molar-refractivity contribution in [2.24, 2.45) is 0 Å². The van der Waals surface area contributed by atoms with Crippen molar-refractivity contribution in [1.29, 1.82) is 0 Å². The summed E-state index contributed by atoms with van der Waals surface area (Å²) in [7, 11) is 0. The van der Waals surface area contributed by atoms with Gasteiger partial charge in [0.1, 0.15) is 11.6 Å². The van der Waals surface area contributed by atoms with Crippen molar-refractivity contribution < 1.29 is 9.53 Å². The fraction of sp³-hybridized carbons (Fsp3) is 0. The molecular formula is C31H19BN2O2. The second-order valence-electron chi connectivity index (χ2n) is 9.33. The van der Waals surface area contributed by atoms with Gasteiger partial charge < -0.3 is 4.74 Å². The first-order valence-electron chi connectivity index (χ1n) is 12.1. The first-order chi connectivity index (χ1) is 17.8. The van der Waals surface area contributed by atoms with E-state index in [0.717, 1.165) is 49.8 Å². The van der Waals surface area contributed by atoms with E-state index in [4.69, 9.17) is 4.74 Å². The number of ether oxygens (including phenoxy) is 1. The normalized spacial score (nSPS) is 13.7. The number of benzene rings is 5. The first-order valence-corrected chi connectivity index (χ1v) is 12.1. The van der Waals surface area contributed by atoms with Crippen LogP contribution in [-0.2, 0) is 0 Å². The van der Waals surface area contributed by atoms with E-state index in [-0.39, 0.29) is 12.8 Å². The van der Waals surface area contributed by atoms with Gasteiger partial charge in [0, 0.05) is 11.1 Å². The zero-order chi connectivity index (χ0) is 23.8. The van der Waals surface area contributed by atoms with Crippen LogP contribution in [0.15, 0.2) is 115 Å². The number of rotatable bonds is 2. The van der Waals surface area contributed by atoms with E-state index in [1.807, 2.05) is 36.4 Å². The van der Waals surface area contributed by atoms with Crippen molar-refractivity contribution in [1.82, 2.24) is 4.57 Å². The Kier molecular flexibility index (Phi) is 3.86. The number of hydrogen-bond donors (Lipinski definition) is 0. The molecule has 0 atom stereocenters. The van der Waals surface area contributed by atoms with Gasteiger partial charge in [-0.15, -0.1) is 0 Å². The van der Waals surface area contributed by atoms with E-state index < -0.39 is 0 Å². The number of anilines is 2. The average molecular weight is 462 g/mol. The molecule has 5 heteroatoms. The first kappa shape index (κ1) is 19.5. The van der Waals surface area contributed by atoms with Crippen molar-refractivity contribution >= 4 is 62.4 Å². The summed E-state index contributed by atoms with van der Waals surface area (Å²) in [5.74, 6) is 1.46. The zero-order valence-corrected chi connectivity index (χ0v) is 19.3. The molecule has 1 aromatic heterocycles. The second kappa shape index (κ2) is 7.12. The van der Waals surface area contributed by atoms with Gasteiger partial charge in [-0.2, -0.15) is 0 Å². The number of aromatic nitrogens is 1. The van der Waals surface area contributed by atoms with Gasteiger partial charge >= 0.3 is 6.09 Å². The van der Waals surface area contributed by atoms with Crippen LogP contribution in [-0.4, -0.2) is 17.4 Å². The number of carbonyl (C=O) groups is 1. The Morgan fingerprint density at radius 1 is 0.694 bits per heavy atom. The van der Waals surface area contributed by atoms with Gasteiger partial charge in [-0.3, -0.25) is 4.57 Å². The van der Waals surface area contributed by atoms with Crippen molar-refractivity contribution in [3.63, 3.8) is 0 Å². The van der Waals surface area contributed by atoms with Crippen LogP contribution in [0.25, 0.3) is 27.4 Å². The lowest BCUT2D eigenvalue weighted by Gasteiger charge is -2.37. The van der Waals surface area contributed by atoms with E-state index in [1.165, 1.54) is 5.46 Å². The predicted molar refractivity (Wildman–Crippen MR) is 146 cm³/mol. The van der Waals surface area contributed by atoms with Crippen LogP contribution in [0.2, 0.25) is 0 Å². The Morgan fingerprint density at radius 3 is 2.28 bits per heavy atom. The van der Waals surface area contributed by atoms with E-state index in [1.54, 1.807) is 4.90 Å². The van der Waals surface area contributed by atoms with Gasteiger partial charge in [-0.05, 0) is 46.0 Å². The van der Waals surface area contributed by atoms with Gasteiger partial charge in [0.05, 0.1) is 11.2 Å². The minimum atomic E-state index is -0.379. The summed E-state index contributed by atoms with van der Waals surface area (Å²) in [6, 6.07) is 39.5. The van der Waals surface area contributed by atoms with Crippen molar-refractivity contribution in [2.45, 2.75) is 0 Å². The van der Waals surface area contributed by atoms with E-state index in [9.17, 15) is 4.79 Å². The number of fused-ring (bicyclic) bond motifs is 4. The molecule has 3 heterocycles. The Hall–Kier alpha value is -4.77. The molecule has 0 aliphatic carbocycles. The predicted octanol–water partition coefficient (Wildman–Crippen LogP) is 5.26. The Bertz CT molecular complexity index is 1840. The lowest BCUT2D eigenvalue weighted by molar-refractivity contribution is 0.209. The molecule has 0 radical (unpaired) electrons. The third kappa shape index (κ3) is 2.47. The molecule has 0 saturated heterocycles. The zero-order valence-electron chi connectivity index (χ0n) is 19.3. The molecule has 0 saturated carbocycles. The molecule has 0 unspecified atom stereocenters. The quantitative estimate of drug-likeness (QED) is 0.329. The van der Waals surface area contributed by atoms with Crippen LogP contribution in [0.5, 0.6) is 5.75 Å². The fourth-order valence-corrected chi connectivity index (χ4v) is 6.07. The molecule has 6 aromatic rings. The highest BCUT2D eigenvalue weighted by Gasteiger charge is 2.45. The molecule has 36 heavy (non-hydrogen) atoms. The molecule has 0 spiro atoms. The summed E-state index contributed by atoms with van der Waals surface area (Å²) in [6.45, 7) is -0.0364. The maximum absolute atomic E-state index is 13.8. The third-order valence-corrected chi connectivity index (χ3v) is 7.46. The van der Waals surface area contributed by atoms with Crippen LogP contribution < -0.4 is 26.0 Å². The molecule has 0 N–H and O–H groups in total. The largest absolute Gasteiger partial charge is 0.425 e. The molecule has 0 fully saturated rings. The monoisotopic (exact) mass is 462 g/mol. The van der Waals surface area contributed by atoms with Crippen LogP contribution in [0, 0.1) is 0 Å². The van der Waals surface area contributed by atoms with Crippen molar-refractivity contribution in [3.8, 4) is 11.4 Å². The minimum Gasteiger partial charge on any atom is -0.409 e. The van der Waals surface area contributed by atoms with Crippen LogP contribution in [0.4, 0.5) is 16.3 Å². The highest BCUT2D eigenvalue weighted by Crippen LogP contribution is 2.45. The molecule has 2 aliphatic heterocycles. The van der Waals surface area contributed by atoms with Gasteiger partial charge in [0.25, 0.3) is 0 Å². The minimum absolute atomic E-state index is 0.0364. The number of hydrogen-bond acceptors (Lipinski definition) is 2. The number of amides is 1. The maximum atomic E-state index is 13.8. The fourth-order valence-electron chi connectivity index (χ4n) is 6.07.